The van der Waals surface area contributed by atoms with E-state index >= 15 is 0 Å². The van der Waals surface area contributed by atoms with Gasteiger partial charge in [-0.05, 0) is 37.7 Å². The fraction of sp³-hybridized carbons (Fsp3) is 0.333. The molecule has 0 saturated carbocycles. The molecule has 0 radical (unpaired) electrons. The van der Waals surface area contributed by atoms with Crippen molar-refractivity contribution in [3.8, 4) is 0 Å². The van der Waals surface area contributed by atoms with Crippen LogP contribution in [0.4, 0.5) is 0 Å². The number of carbonyl (C=O) groups is 2. The lowest BCUT2D eigenvalue weighted by Gasteiger charge is -2.28. The Hall–Kier alpha value is -2.44. The van der Waals surface area contributed by atoms with Gasteiger partial charge in [0.05, 0.1) is 11.6 Å². The van der Waals surface area contributed by atoms with Crippen molar-refractivity contribution in [1.29, 1.82) is 0 Å². The fourth-order valence-electron chi connectivity index (χ4n) is 3.76. The molecule has 0 unspecified atom stereocenters. The minimum Gasteiger partial charge on any atom is -0.507 e. The summed E-state index contributed by atoms with van der Waals surface area (Å²) >= 11 is 3.43. The molecule has 30 heavy (non-hydrogen) atoms. The number of halogens is 1. The molecule has 2 aromatic rings. The van der Waals surface area contributed by atoms with Crippen molar-refractivity contribution in [2.24, 2.45) is 0 Å². The second-order valence-electron chi connectivity index (χ2n) is 7.44. The van der Waals surface area contributed by atoms with E-state index < -0.39 is 17.7 Å². The van der Waals surface area contributed by atoms with Crippen molar-refractivity contribution in [3.63, 3.8) is 0 Å². The van der Waals surface area contributed by atoms with Gasteiger partial charge in [0.1, 0.15) is 5.76 Å². The smallest absolute Gasteiger partial charge is 0.295 e. The Kier molecular flexibility index (Phi) is 7.10. The fourth-order valence-corrected chi connectivity index (χ4v) is 4.02. The van der Waals surface area contributed by atoms with Gasteiger partial charge in [0.2, 0.25) is 0 Å². The standard InChI is InChI=1S/C24H27BrN2O3/c1-4-26(5-2)14-15-27-21(17-10-12-19(25)13-11-17)20(23(29)24(27)30)22(28)18-8-6-16(3)7-9-18/h6-13,21,28H,4-5,14-15H2,1-3H3/b22-20+/t21-/m1/s1. The molecule has 5 nitrogen and oxygen atoms in total. The third kappa shape index (κ3) is 4.50. The number of benzene rings is 2. The number of aliphatic hydroxyl groups is 1. The Morgan fingerprint density at radius 1 is 1.03 bits per heavy atom. The van der Waals surface area contributed by atoms with Gasteiger partial charge in [-0.15, -0.1) is 0 Å². The number of Topliss-reactive ketones (excluding diaryl/α,β-unsaturated/α-hetero) is 1. The summed E-state index contributed by atoms with van der Waals surface area (Å²) in [6.45, 7) is 8.91. The quantitative estimate of drug-likeness (QED) is 0.367. The summed E-state index contributed by atoms with van der Waals surface area (Å²) < 4.78 is 0.907. The summed E-state index contributed by atoms with van der Waals surface area (Å²) in [5, 5.41) is 11.0. The van der Waals surface area contributed by atoms with Crippen LogP contribution in [0.1, 0.15) is 36.6 Å². The minimum atomic E-state index is -0.638. The van der Waals surface area contributed by atoms with Gasteiger partial charge in [-0.3, -0.25) is 9.59 Å². The van der Waals surface area contributed by atoms with Gasteiger partial charge in [-0.1, -0.05) is 71.7 Å². The second kappa shape index (κ2) is 9.58. The van der Waals surface area contributed by atoms with E-state index in [1.807, 2.05) is 43.3 Å². The van der Waals surface area contributed by atoms with E-state index in [-0.39, 0.29) is 11.3 Å². The number of nitrogens with zero attached hydrogens (tertiary/aromatic N) is 2. The van der Waals surface area contributed by atoms with Crippen LogP contribution in [-0.2, 0) is 9.59 Å². The Balaban J connectivity index is 2.08. The topological polar surface area (TPSA) is 60.9 Å². The minimum absolute atomic E-state index is 0.133. The number of likely N-dealkylation sites (N-methyl/N-ethyl adjacent to an activating group) is 1. The number of ketones is 1. The summed E-state index contributed by atoms with van der Waals surface area (Å²) in [5.74, 6) is -1.34. The van der Waals surface area contributed by atoms with Crippen LogP contribution in [0.5, 0.6) is 0 Å². The predicted molar refractivity (Wildman–Crippen MR) is 122 cm³/mol. The average molecular weight is 471 g/mol. The van der Waals surface area contributed by atoms with Crippen LogP contribution in [0.15, 0.2) is 58.6 Å². The van der Waals surface area contributed by atoms with Crippen LogP contribution in [0, 0.1) is 6.92 Å². The number of aliphatic hydroxyl groups excluding tert-OH is 1. The molecule has 158 valence electrons. The van der Waals surface area contributed by atoms with Crippen LogP contribution >= 0.6 is 15.9 Å². The number of hydrogen-bond donors (Lipinski definition) is 1. The largest absolute Gasteiger partial charge is 0.507 e. The summed E-state index contributed by atoms with van der Waals surface area (Å²) in [6, 6.07) is 14.2. The molecule has 0 spiro atoms. The van der Waals surface area contributed by atoms with Gasteiger partial charge in [-0.2, -0.15) is 0 Å². The SMILES string of the molecule is CCN(CC)CCN1C(=O)C(=O)/C(=C(/O)c2ccc(C)cc2)[C@H]1c1ccc(Br)cc1. The summed E-state index contributed by atoms with van der Waals surface area (Å²) in [7, 11) is 0. The molecule has 1 N–H and O–H groups in total. The molecule has 1 saturated heterocycles. The highest BCUT2D eigenvalue weighted by Gasteiger charge is 2.45. The maximum atomic E-state index is 13.0. The van der Waals surface area contributed by atoms with Crippen molar-refractivity contribution in [3.05, 3.63) is 75.3 Å². The average Bonchev–Trinajstić information content (AvgIpc) is 3.00. The number of rotatable bonds is 7. The van der Waals surface area contributed by atoms with Crippen molar-refractivity contribution in [2.45, 2.75) is 26.8 Å². The number of hydrogen-bond acceptors (Lipinski definition) is 4. The molecule has 1 fully saturated rings. The molecule has 1 aliphatic rings. The Labute approximate surface area is 186 Å². The molecule has 1 heterocycles. The summed E-state index contributed by atoms with van der Waals surface area (Å²) in [5.41, 5.74) is 2.52. The monoisotopic (exact) mass is 470 g/mol. The van der Waals surface area contributed by atoms with Gasteiger partial charge >= 0.3 is 0 Å². The zero-order chi connectivity index (χ0) is 21.8. The Morgan fingerprint density at radius 3 is 2.20 bits per heavy atom. The molecule has 1 aliphatic heterocycles. The van der Waals surface area contributed by atoms with Gasteiger partial charge < -0.3 is 14.9 Å². The zero-order valence-electron chi connectivity index (χ0n) is 17.6. The number of likely N-dealkylation sites (tertiary alicyclic amines) is 1. The molecule has 0 aromatic heterocycles. The lowest BCUT2D eigenvalue weighted by atomic mass is 9.95. The number of amides is 1. The lowest BCUT2D eigenvalue weighted by Crippen LogP contribution is -2.38. The van der Waals surface area contributed by atoms with Crippen LogP contribution < -0.4 is 0 Å². The molecule has 0 bridgehead atoms. The van der Waals surface area contributed by atoms with Crippen molar-refractivity contribution in [2.75, 3.05) is 26.2 Å². The van der Waals surface area contributed by atoms with E-state index in [0.717, 1.165) is 28.7 Å². The number of aryl methyl sites for hydroxylation is 1. The van der Waals surface area contributed by atoms with E-state index in [4.69, 9.17) is 0 Å². The van der Waals surface area contributed by atoms with Crippen LogP contribution in [0.25, 0.3) is 5.76 Å². The number of carbonyl (C=O) groups excluding carboxylic acids is 2. The van der Waals surface area contributed by atoms with E-state index in [0.29, 0.717) is 18.7 Å². The highest BCUT2D eigenvalue weighted by molar-refractivity contribution is 9.10. The predicted octanol–water partition coefficient (Wildman–Crippen LogP) is 4.52. The second-order valence-corrected chi connectivity index (χ2v) is 8.35. The van der Waals surface area contributed by atoms with E-state index in [1.165, 1.54) is 0 Å². The highest BCUT2D eigenvalue weighted by atomic mass is 79.9. The van der Waals surface area contributed by atoms with Crippen molar-refractivity contribution >= 4 is 33.4 Å². The maximum Gasteiger partial charge on any atom is 0.295 e. The van der Waals surface area contributed by atoms with Crippen LogP contribution in [0.3, 0.4) is 0 Å². The third-order valence-electron chi connectivity index (χ3n) is 5.60. The lowest BCUT2D eigenvalue weighted by molar-refractivity contribution is -0.140. The van der Waals surface area contributed by atoms with Crippen LogP contribution in [0.2, 0.25) is 0 Å². The molecular weight excluding hydrogens is 444 g/mol. The maximum absolute atomic E-state index is 13.0. The van der Waals surface area contributed by atoms with Crippen molar-refractivity contribution in [1.82, 2.24) is 9.80 Å². The van der Waals surface area contributed by atoms with Gasteiger partial charge in [0, 0.05) is 23.1 Å². The van der Waals surface area contributed by atoms with E-state index in [1.54, 1.807) is 17.0 Å². The Bertz CT molecular complexity index is 947. The molecular formula is C24H27BrN2O3. The molecule has 0 aliphatic carbocycles. The first-order valence-corrected chi connectivity index (χ1v) is 11.0. The first-order valence-electron chi connectivity index (χ1n) is 10.2. The molecule has 3 rings (SSSR count). The first kappa shape index (κ1) is 22.2. The summed E-state index contributed by atoms with van der Waals surface area (Å²) in [4.78, 5) is 29.7. The Morgan fingerprint density at radius 2 is 1.63 bits per heavy atom. The third-order valence-corrected chi connectivity index (χ3v) is 6.13. The normalized spacial score (nSPS) is 18.4. The summed E-state index contributed by atoms with van der Waals surface area (Å²) in [6.07, 6.45) is 0. The van der Waals surface area contributed by atoms with Gasteiger partial charge in [0.25, 0.3) is 11.7 Å². The molecule has 1 atom stereocenters. The van der Waals surface area contributed by atoms with E-state index in [2.05, 4.69) is 34.7 Å². The first-order chi connectivity index (χ1) is 14.4. The molecule has 6 heteroatoms. The molecule has 2 aromatic carbocycles. The highest BCUT2D eigenvalue weighted by Crippen LogP contribution is 2.39. The molecule has 1 amide bonds. The van der Waals surface area contributed by atoms with Gasteiger partial charge in [-0.25, -0.2) is 0 Å². The van der Waals surface area contributed by atoms with Crippen LogP contribution in [-0.4, -0.2) is 52.8 Å². The van der Waals surface area contributed by atoms with Crippen molar-refractivity contribution < 1.29 is 14.7 Å². The van der Waals surface area contributed by atoms with Gasteiger partial charge in [0.15, 0.2) is 0 Å². The van der Waals surface area contributed by atoms with E-state index in [9.17, 15) is 14.7 Å². The zero-order valence-corrected chi connectivity index (χ0v) is 19.1.